The standard InChI is InChI=1S/C11H9F2NO/c1-2-3-4-15-11-9(12)5-8(7-14)6-10(11)13/h2-3,5-6H,4H2,1H3/b3-2+. The van der Waals surface area contributed by atoms with Crippen molar-refractivity contribution >= 4 is 0 Å². The van der Waals surface area contributed by atoms with Gasteiger partial charge in [0.05, 0.1) is 11.6 Å². The average molecular weight is 209 g/mol. The summed E-state index contributed by atoms with van der Waals surface area (Å²) in [7, 11) is 0. The highest BCUT2D eigenvalue weighted by atomic mass is 19.1. The van der Waals surface area contributed by atoms with Gasteiger partial charge >= 0.3 is 0 Å². The molecule has 1 rings (SSSR count). The van der Waals surface area contributed by atoms with Gasteiger partial charge in [0, 0.05) is 0 Å². The number of nitriles is 1. The van der Waals surface area contributed by atoms with Crippen LogP contribution in [0.5, 0.6) is 5.75 Å². The highest BCUT2D eigenvalue weighted by Crippen LogP contribution is 2.22. The van der Waals surface area contributed by atoms with Gasteiger partial charge in [0.25, 0.3) is 0 Å². The lowest BCUT2D eigenvalue weighted by molar-refractivity contribution is 0.320. The second-order valence-corrected chi connectivity index (χ2v) is 2.76. The van der Waals surface area contributed by atoms with Gasteiger partial charge in [-0.1, -0.05) is 12.2 Å². The predicted molar refractivity (Wildman–Crippen MR) is 51.4 cm³/mol. The van der Waals surface area contributed by atoms with Gasteiger partial charge in [-0.15, -0.1) is 0 Å². The first kappa shape index (κ1) is 11.2. The quantitative estimate of drug-likeness (QED) is 0.717. The van der Waals surface area contributed by atoms with Crippen molar-refractivity contribution in [1.82, 2.24) is 0 Å². The van der Waals surface area contributed by atoms with Gasteiger partial charge in [-0.25, -0.2) is 8.78 Å². The molecule has 0 saturated heterocycles. The van der Waals surface area contributed by atoms with Crippen molar-refractivity contribution in [2.45, 2.75) is 6.92 Å². The van der Waals surface area contributed by atoms with Crippen LogP contribution >= 0.6 is 0 Å². The van der Waals surface area contributed by atoms with Crippen molar-refractivity contribution in [1.29, 1.82) is 5.26 Å². The molecule has 0 aliphatic heterocycles. The molecule has 78 valence electrons. The number of rotatable bonds is 3. The van der Waals surface area contributed by atoms with Gasteiger partial charge in [0.1, 0.15) is 6.61 Å². The molecular formula is C11H9F2NO. The Morgan fingerprint density at radius 1 is 1.40 bits per heavy atom. The van der Waals surface area contributed by atoms with E-state index in [-0.39, 0.29) is 12.2 Å². The Labute approximate surface area is 86.4 Å². The zero-order chi connectivity index (χ0) is 11.3. The molecule has 0 N–H and O–H groups in total. The van der Waals surface area contributed by atoms with Crippen LogP contribution in [0.1, 0.15) is 12.5 Å². The number of hydrogen-bond donors (Lipinski definition) is 0. The highest BCUT2D eigenvalue weighted by molar-refractivity contribution is 5.37. The van der Waals surface area contributed by atoms with Crippen molar-refractivity contribution in [3.8, 4) is 11.8 Å². The summed E-state index contributed by atoms with van der Waals surface area (Å²) in [6, 6.07) is 3.53. The minimum atomic E-state index is -0.865. The predicted octanol–water partition coefficient (Wildman–Crippen LogP) is 2.79. The Hall–Kier alpha value is -1.89. The molecule has 2 nitrogen and oxygen atoms in total. The third kappa shape index (κ3) is 2.78. The summed E-state index contributed by atoms with van der Waals surface area (Å²) in [6.45, 7) is 1.87. The van der Waals surface area contributed by atoms with Gasteiger partial charge in [-0.2, -0.15) is 5.26 Å². The van der Waals surface area contributed by atoms with Crippen molar-refractivity contribution in [2.24, 2.45) is 0 Å². The third-order valence-corrected chi connectivity index (χ3v) is 1.69. The maximum atomic E-state index is 13.2. The monoisotopic (exact) mass is 209 g/mol. The van der Waals surface area contributed by atoms with Gasteiger partial charge in [-0.05, 0) is 19.1 Å². The normalized spacial score (nSPS) is 10.3. The maximum Gasteiger partial charge on any atom is 0.191 e. The second-order valence-electron chi connectivity index (χ2n) is 2.76. The van der Waals surface area contributed by atoms with Gasteiger partial charge in [0.2, 0.25) is 0 Å². The largest absolute Gasteiger partial charge is 0.483 e. The van der Waals surface area contributed by atoms with E-state index in [0.29, 0.717) is 0 Å². The van der Waals surface area contributed by atoms with Crippen LogP contribution in [0.4, 0.5) is 8.78 Å². The van der Waals surface area contributed by atoms with E-state index in [9.17, 15) is 8.78 Å². The van der Waals surface area contributed by atoms with Crippen LogP contribution in [-0.4, -0.2) is 6.61 Å². The number of hydrogen-bond acceptors (Lipinski definition) is 2. The topological polar surface area (TPSA) is 33.0 Å². The molecule has 0 saturated carbocycles. The number of allylic oxidation sites excluding steroid dienone is 1. The van der Waals surface area contributed by atoms with E-state index in [4.69, 9.17) is 10.00 Å². The molecule has 0 aliphatic rings. The van der Waals surface area contributed by atoms with E-state index in [1.165, 1.54) is 0 Å². The molecule has 0 aromatic heterocycles. The number of benzene rings is 1. The number of ether oxygens (including phenoxy) is 1. The van der Waals surface area contributed by atoms with Crippen molar-refractivity contribution in [3.63, 3.8) is 0 Å². The molecule has 4 heteroatoms. The summed E-state index contributed by atoms with van der Waals surface area (Å²) in [5, 5.41) is 8.46. The zero-order valence-electron chi connectivity index (χ0n) is 8.13. The molecule has 0 spiro atoms. The van der Waals surface area contributed by atoms with E-state index in [2.05, 4.69) is 0 Å². The summed E-state index contributed by atoms with van der Waals surface area (Å²) in [5.41, 5.74) is -0.0663. The van der Waals surface area contributed by atoms with Crippen molar-refractivity contribution in [3.05, 3.63) is 41.5 Å². The fraction of sp³-hybridized carbons (Fsp3) is 0.182. The summed E-state index contributed by atoms with van der Waals surface area (Å²) in [6.07, 6.45) is 3.33. The van der Waals surface area contributed by atoms with Crippen LogP contribution in [0, 0.1) is 23.0 Å². The van der Waals surface area contributed by atoms with Crippen LogP contribution in [-0.2, 0) is 0 Å². The Bertz CT molecular complexity index is 398. The van der Waals surface area contributed by atoms with Crippen LogP contribution in [0.15, 0.2) is 24.3 Å². The number of nitrogens with zero attached hydrogens (tertiary/aromatic N) is 1. The summed E-state index contributed by atoms with van der Waals surface area (Å²) >= 11 is 0. The van der Waals surface area contributed by atoms with E-state index in [0.717, 1.165) is 12.1 Å². The zero-order valence-corrected chi connectivity index (χ0v) is 8.13. The first-order valence-corrected chi connectivity index (χ1v) is 4.32. The summed E-state index contributed by atoms with van der Waals surface area (Å²) in [5.74, 6) is -2.18. The van der Waals surface area contributed by atoms with E-state index in [1.54, 1.807) is 25.1 Å². The van der Waals surface area contributed by atoms with E-state index in [1.807, 2.05) is 0 Å². The fourth-order valence-electron chi connectivity index (χ4n) is 0.990. The molecule has 15 heavy (non-hydrogen) atoms. The molecule has 1 aromatic rings. The Morgan fingerprint density at radius 2 is 2.00 bits per heavy atom. The number of halogens is 2. The molecule has 0 unspecified atom stereocenters. The Kier molecular flexibility index (Phi) is 3.81. The van der Waals surface area contributed by atoms with Crippen molar-refractivity contribution in [2.75, 3.05) is 6.61 Å². The van der Waals surface area contributed by atoms with E-state index < -0.39 is 17.4 Å². The smallest absolute Gasteiger partial charge is 0.191 e. The summed E-state index contributed by atoms with van der Waals surface area (Å²) in [4.78, 5) is 0. The van der Waals surface area contributed by atoms with Crippen LogP contribution < -0.4 is 4.74 Å². The average Bonchev–Trinajstić information content (AvgIpc) is 2.22. The SMILES string of the molecule is C/C=C/COc1c(F)cc(C#N)cc1F. The molecule has 0 bridgehead atoms. The Balaban J connectivity index is 2.94. The maximum absolute atomic E-state index is 13.2. The fourth-order valence-corrected chi connectivity index (χ4v) is 0.990. The third-order valence-electron chi connectivity index (χ3n) is 1.69. The molecular weight excluding hydrogens is 200 g/mol. The van der Waals surface area contributed by atoms with Crippen LogP contribution in [0.2, 0.25) is 0 Å². The van der Waals surface area contributed by atoms with Crippen molar-refractivity contribution < 1.29 is 13.5 Å². The molecule has 0 amide bonds. The molecule has 0 radical (unpaired) electrons. The molecule has 0 fully saturated rings. The minimum absolute atomic E-state index is 0.0663. The highest BCUT2D eigenvalue weighted by Gasteiger charge is 2.11. The van der Waals surface area contributed by atoms with Crippen LogP contribution in [0.3, 0.4) is 0 Å². The second kappa shape index (κ2) is 5.11. The lowest BCUT2D eigenvalue weighted by Crippen LogP contribution is -1.99. The molecule has 0 heterocycles. The van der Waals surface area contributed by atoms with Gasteiger partial charge in [-0.3, -0.25) is 0 Å². The lowest BCUT2D eigenvalue weighted by atomic mass is 10.2. The van der Waals surface area contributed by atoms with E-state index >= 15 is 0 Å². The van der Waals surface area contributed by atoms with Gasteiger partial charge in [0.15, 0.2) is 17.4 Å². The summed E-state index contributed by atoms with van der Waals surface area (Å²) < 4.78 is 31.2. The first-order chi connectivity index (χ1) is 7.19. The Morgan fingerprint density at radius 3 is 2.47 bits per heavy atom. The van der Waals surface area contributed by atoms with Crippen LogP contribution in [0.25, 0.3) is 0 Å². The molecule has 0 aliphatic carbocycles. The minimum Gasteiger partial charge on any atom is -0.483 e. The molecule has 0 atom stereocenters. The first-order valence-electron chi connectivity index (χ1n) is 4.32. The lowest BCUT2D eigenvalue weighted by Gasteiger charge is -2.05. The molecule has 1 aromatic carbocycles. The van der Waals surface area contributed by atoms with Gasteiger partial charge < -0.3 is 4.74 Å².